The van der Waals surface area contributed by atoms with Gasteiger partial charge in [-0.15, -0.1) is 6.58 Å². The van der Waals surface area contributed by atoms with Crippen molar-refractivity contribution in [3.63, 3.8) is 0 Å². The Morgan fingerprint density at radius 2 is 1.89 bits per heavy atom. The maximum atomic E-state index is 12.3. The molecule has 0 fully saturated rings. The summed E-state index contributed by atoms with van der Waals surface area (Å²) in [4.78, 5) is 17.0. The van der Waals surface area contributed by atoms with Gasteiger partial charge in [-0.2, -0.15) is 0 Å². The molecule has 0 aliphatic rings. The largest absolute Gasteiger partial charge is 0.493 e. The highest BCUT2D eigenvalue weighted by atomic mass is 35.5. The lowest BCUT2D eigenvalue weighted by molar-refractivity contribution is -0.123. The third-order valence-corrected chi connectivity index (χ3v) is 6.02. The van der Waals surface area contributed by atoms with Gasteiger partial charge < -0.3 is 24.1 Å². The van der Waals surface area contributed by atoms with Crippen molar-refractivity contribution in [3.05, 3.63) is 95.8 Å². The van der Waals surface area contributed by atoms with E-state index in [2.05, 4.69) is 16.5 Å². The Morgan fingerprint density at radius 1 is 1.08 bits per heavy atom. The number of hydrogen-bond acceptors (Lipinski definition) is 5. The predicted molar refractivity (Wildman–Crippen MR) is 146 cm³/mol. The number of methoxy groups -OCH3 is 1. The number of fused-ring (bicyclic) bond motifs is 1. The van der Waals surface area contributed by atoms with Crippen molar-refractivity contribution in [2.45, 2.75) is 19.4 Å². The van der Waals surface area contributed by atoms with Crippen molar-refractivity contribution < 1.29 is 19.0 Å². The second-order valence-corrected chi connectivity index (χ2v) is 8.77. The van der Waals surface area contributed by atoms with E-state index >= 15 is 0 Å². The molecule has 1 heterocycles. The number of amides is 1. The number of para-hydroxylation sites is 2. The van der Waals surface area contributed by atoms with Crippen molar-refractivity contribution in [1.82, 2.24) is 14.9 Å². The van der Waals surface area contributed by atoms with Crippen LogP contribution in [-0.4, -0.2) is 42.3 Å². The summed E-state index contributed by atoms with van der Waals surface area (Å²) in [6.07, 6.45) is 3.20. The number of aromatic nitrogens is 2. The number of nitrogens with zero attached hydrogens (tertiary/aromatic N) is 2. The fourth-order valence-corrected chi connectivity index (χ4v) is 4.11. The molecule has 1 N–H and O–H groups in total. The highest BCUT2D eigenvalue weighted by molar-refractivity contribution is 6.30. The average Bonchev–Trinajstić information content (AvgIpc) is 3.26. The zero-order chi connectivity index (χ0) is 26.0. The summed E-state index contributed by atoms with van der Waals surface area (Å²) in [5.41, 5.74) is 3.04. The highest BCUT2D eigenvalue weighted by Crippen LogP contribution is 2.28. The smallest absolute Gasteiger partial charge is 0.257 e. The first-order chi connectivity index (χ1) is 18.1. The summed E-state index contributed by atoms with van der Waals surface area (Å²) in [7, 11) is 1.64. The van der Waals surface area contributed by atoms with Crippen molar-refractivity contribution in [1.29, 1.82) is 0 Å². The molecule has 192 valence electrons. The molecule has 0 atom stereocenters. The molecule has 0 saturated heterocycles. The molecular weight excluding hydrogens is 490 g/mol. The fraction of sp³-hybridized carbons (Fsp3) is 0.241. The number of carbonyl (C=O) groups is 1. The van der Waals surface area contributed by atoms with Gasteiger partial charge in [-0.3, -0.25) is 4.79 Å². The first kappa shape index (κ1) is 26.1. The molecule has 0 bridgehead atoms. The second kappa shape index (κ2) is 12.8. The Bertz CT molecular complexity index is 1350. The van der Waals surface area contributed by atoms with Gasteiger partial charge in [0.25, 0.3) is 5.91 Å². The highest BCUT2D eigenvalue weighted by Gasteiger charge is 2.12. The third kappa shape index (κ3) is 7.05. The SMILES string of the molecule is C=CCc1ccc(OCCn2c(CCNC(=O)COc3ccc(Cl)cc3)nc3ccccc32)c(OC)c1. The molecule has 0 spiro atoms. The number of imidazole rings is 1. The average molecular weight is 520 g/mol. The molecule has 7 nitrogen and oxygen atoms in total. The van der Waals surface area contributed by atoms with Crippen LogP contribution in [0.3, 0.4) is 0 Å². The maximum absolute atomic E-state index is 12.3. The molecule has 3 aromatic carbocycles. The Labute approximate surface area is 221 Å². The van der Waals surface area contributed by atoms with Gasteiger partial charge in [0.2, 0.25) is 0 Å². The van der Waals surface area contributed by atoms with Crippen LogP contribution in [0.5, 0.6) is 17.2 Å². The standard InChI is InChI=1S/C29H30ClN3O4/c1-3-6-21-9-14-26(27(19-21)35-2)36-18-17-33-25-8-5-4-7-24(25)32-28(33)15-16-31-29(34)20-37-23-12-10-22(30)11-13-23/h3-5,7-14,19H,1,6,15-18,20H2,2H3,(H,31,34). The van der Waals surface area contributed by atoms with Crippen LogP contribution in [0.2, 0.25) is 5.02 Å². The lowest BCUT2D eigenvalue weighted by Crippen LogP contribution is -2.31. The van der Waals surface area contributed by atoms with E-state index in [1.807, 2.05) is 48.5 Å². The quantitative estimate of drug-likeness (QED) is 0.244. The van der Waals surface area contributed by atoms with Crippen LogP contribution in [0, 0.1) is 0 Å². The van der Waals surface area contributed by atoms with E-state index < -0.39 is 0 Å². The van der Waals surface area contributed by atoms with E-state index in [0.29, 0.717) is 48.4 Å². The summed E-state index contributed by atoms with van der Waals surface area (Å²) in [5.74, 6) is 2.64. The molecule has 0 aliphatic carbocycles. The van der Waals surface area contributed by atoms with Crippen LogP contribution < -0.4 is 19.5 Å². The maximum Gasteiger partial charge on any atom is 0.257 e. The van der Waals surface area contributed by atoms with Crippen molar-refractivity contribution in [2.24, 2.45) is 0 Å². The normalized spacial score (nSPS) is 10.8. The van der Waals surface area contributed by atoms with Crippen molar-refractivity contribution in [3.8, 4) is 17.2 Å². The number of carbonyl (C=O) groups excluding carboxylic acids is 1. The number of halogens is 1. The van der Waals surface area contributed by atoms with E-state index in [-0.39, 0.29) is 12.5 Å². The molecular formula is C29H30ClN3O4. The van der Waals surface area contributed by atoms with Crippen LogP contribution in [0.15, 0.2) is 79.4 Å². The third-order valence-electron chi connectivity index (χ3n) is 5.77. The monoisotopic (exact) mass is 519 g/mol. The van der Waals surface area contributed by atoms with E-state index in [1.54, 1.807) is 31.4 Å². The topological polar surface area (TPSA) is 74.6 Å². The molecule has 4 rings (SSSR count). The summed E-state index contributed by atoms with van der Waals surface area (Å²) < 4.78 is 19.2. The summed E-state index contributed by atoms with van der Waals surface area (Å²) >= 11 is 5.88. The van der Waals surface area contributed by atoms with Crippen molar-refractivity contribution in [2.75, 3.05) is 26.9 Å². The molecule has 4 aromatic rings. The van der Waals surface area contributed by atoms with Crippen LogP contribution in [0.1, 0.15) is 11.4 Å². The van der Waals surface area contributed by atoms with E-state index in [9.17, 15) is 4.79 Å². The van der Waals surface area contributed by atoms with Gasteiger partial charge in [-0.1, -0.05) is 35.9 Å². The molecule has 1 amide bonds. The Hall–Kier alpha value is -3.97. The van der Waals surface area contributed by atoms with Gasteiger partial charge in [0, 0.05) is 18.0 Å². The number of rotatable bonds is 13. The molecule has 0 unspecified atom stereocenters. The first-order valence-electron chi connectivity index (χ1n) is 12.1. The minimum Gasteiger partial charge on any atom is -0.493 e. The van der Waals surface area contributed by atoms with Gasteiger partial charge in [0.15, 0.2) is 18.1 Å². The minimum absolute atomic E-state index is 0.0701. The first-order valence-corrected chi connectivity index (χ1v) is 12.4. The Morgan fingerprint density at radius 3 is 2.68 bits per heavy atom. The van der Waals surface area contributed by atoms with E-state index in [0.717, 1.165) is 28.8 Å². The van der Waals surface area contributed by atoms with Crippen LogP contribution in [0.4, 0.5) is 0 Å². The molecule has 0 saturated carbocycles. The van der Waals surface area contributed by atoms with Crippen molar-refractivity contribution >= 4 is 28.5 Å². The minimum atomic E-state index is -0.201. The summed E-state index contributed by atoms with van der Waals surface area (Å²) in [6.45, 7) is 5.19. The zero-order valence-corrected chi connectivity index (χ0v) is 21.5. The lowest BCUT2D eigenvalue weighted by atomic mass is 10.1. The van der Waals surface area contributed by atoms with Gasteiger partial charge in [-0.05, 0) is 60.5 Å². The van der Waals surface area contributed by atoms with Crippen LogP contribution in [-0.2, 0) is 24.2 Å². The van der Waals surface area contributed by atoms with Gasteiger partial charge in [0.1, 0.15) is 18.2 Å². The van der Waals surface area contributed by atoms with Gasteiger partial charge >= 0.3 is 0 Å². The molecule has 1 aromatic heterocycles. The second-order valence-electron chi connectivity index (χ2n) is 8.34. The Kier molecular flexibility index (Phi) is 9.05. The molecule has 0 aliphatic heterocycles. The summed E-state index contributed by atoms with van der Waals surface area (Å²) in [5, 5.41) is 3.52. The fourth-order valence-electron chi connectivity index (χ4n) is 3.98. The number of nitrogens with one attached hydrogen (secondary N) is 1. The van der Waals surface area contributed by atoms with E-state index in [1.165, 1.54) is 0 Å². The van der Waals surface area contributed by atoms with Gasteiger partial charge in [0.05, 0.1) is 24.7 Å². The summed E-state index contributed by atoms with van der Waals surface area (Å²) in [6, 6.07) is 20.8. The Balaban J connectivity index is 1.35. The predicted octanol–water partition coefficient (Wildman–Crippen LogP) is 5.24. The van der Waals surface area contributed by atoms with Crippen LogP contribution in [0.25, 0.3) is 11.0 Å². The number of benzene rings is 3. The number of ether oxygens (including phenoxy) is 3. The number of allylic oxidation sites excluding steroid dienone is 1. The zero-order valence-electron chi connectivity index (χ0n) is 20.8. The van der Waals surface area contributed by atoms with Gasteiger partial charge in [-0.25, -0.2) is 4.98 Å². The lowest BCUT2D eigenvalue weighted by Gasteiger charge is -2.14. The molecule has 8 heteroatoms. The molecule has 0 radical (unpaired) electrons. The van der Waals surface area contributed by atoms with E-state index in [4.69, 9.17) is 30.8 Å². The number of hydrogen-bond donors (Lipinski definition) is 1. The molecule has 37 heavy (non-hydrogen) atoms. The van der Waals surface area contributed by atoms with Crippen LogP contribution >= 0.6 is 11.6 Å².